The Kier molecular flexibility index (Phi) is 8.71. The van der Waals surface area contributed by atoms with Gasteiger partial charge >= 0.3 is 12.1 Å². The number of ether oxygens (including phenoxy) is 4. The molecule has 4 atom stereocenters. The first-order valence-electron chi connectivity index (χ1n) is 14.7. The summed E-state index contributed by atoms with van der Waals surface area (Å²) in [6, 6.07) is -1.11. The van der Waals surface area contributed by atoms with Crippen LogP contribution in [0.4, 0.5) is 26.7 Å². The van der Waals surface area contributed by atoms with Crippen molar-refractivity contribution in [1.82, 2.24) is 10.2 Å². The van der Waals surface area contributed by atoms with Crippen LogP contribution >= 0.6 is 0 Å². The number of unbranched alkanes of at least 4 members (excludes halogenated alkanes) is 1. The number of carbonyl (C=O) groups is 3. The highest BCUT2D eigenvalue weighted by Crippen LogP contribution is 2.59. The fraction of sp³-hybridized carbons (Fsp3) is 0.633. The molecule has 3 saturated heterocycles. The summed E-state index contributed by atoms with van der Waals surface area (Å²) in [6.07, 6.45) is 4.68. The predicted octanol–water partition coefficient (Wildman–Crippen LogP) is 5.05. The van der Waals surface area contributed by atoms with Crippen LogP contribution in [0.2, 0.25) is 0 Å². The minimum atomic E-state index is -2.35. The lowest BCUT2D eigenvalue weighted by molar-refractivity contribution is -0.220. The maximum absolute atomic E-state index is 13.9. The van der Waals surface area contributed by atoms with Crippen molar-refractivity contribution in [2.75, 3.05) is 19.8 Å². The summed E-state index contributed by atoms with van der Waals surface area (Å²) in [5, 5.41) is 2.98. The second-order valence-electron chi connectivity index (χ2n) is 12.7. The first-order chi connectivity index (χ1) is 20.7. The number of esters is 1. The monoisotopic (exact) mass is 630 g/mol. The molecule has 2 amide bonds. The van der Waals surface area contributed by atoms with Crippen molar-refractivity contribution >= 4 is 18.0 Å². The van der Waals surface area contributed by atoms with E-state index >= 15 is 0 Å². The quantitative estimate of drug-likeness (QED) is 0.0893. The van der Waals surface area contributed by atoms with E-state index in [-0.39, 0.29) is 24.7 Å². The van der Waals surface area contributed by atoms with E-state index in [1.165, 1.54) is 0 Å². The van der Waals surface area contributed by atoms with Gasteiger partial charge in [-0.05, 0) is 52.4 Å². The minimum absolute atomic E-state index is 0.104. The molecule has 14 heteroatoms. The molecule has 1 aliphatic carbocycles. The molecule has 0 aromatic heterocycles. The third-order valence-electron chi connectivity index (χ3n) is 8.74. The fourth-order valence-corrected chi connectivity index (χ4v) is 6.96. The topological polar surface area (TPSA) is 103 Å². The molecule has 242 valence electrons. The number of hydrogen-bond acceptors (Lipinski definition) is 7. The molecule has 0 bridgehead atoms. The van der Waals surface area contributed by atoms with Gasteiger partial charge in [-0.3, -0.25) is 14.5 Å². The fourth-order valence-electron chi connectivity index (χ4n) is 6.96. The van der Waals surface area contributed by atoms with Crippen molar-refractivity contribution in [3.63, 3.8) is 0 Å². The van der Waals surface area contributed by atoms with Gasteiger partial charge in [-0.2, -0.15) is 8.78 Å². The summed E-state index contributed by atoms with van der Waals surface area (Å²) < 4.78 is 90.1. The van der Waals surface area contributed by atoms with Crippen LogP contribution in [0.1, 0.15) is 65.7 Å². The lowest BCUT2D eigenvalue weighted by atomic mass is 9.58. The number of carbonyl (C=O) groups excluding carboxylic acids is 3. The van der Waals surface area contributed by atoms with E-state index in [1.54, 1.807) is 37.8 Å². The van der Waals surface area contributed by atoms with Crippen LogP contribution in [0.5, 0.6) is 5.75 Å². The highest BCUT2D eigenvalue weighted by molar-refractivity contribution is 5.87. The molecule has 4 aliphatic rings. The van der Waals surface area contributed by atoms with Gasteiger partial charge in [-0.25, -0.2) is 18.0 Å². The lowest BCUT2D eigenvalue weighted by Crippen LogP contribution is -2.64. The third kappa shape index (κ3) is 5.78. The molecule has 3 heterocycles. The highest BCUT2D eigenvalue weighted by atomic mass is 19.2. The van der Waals surface area contributed by atoms with Gasteiger partial charge in [0.25, 0.3) is 0 Å². The molecule has 1 saturated carbocycles. The number of allylic oxidation sites excluding steroid dienone is 1. The first-order valence-corrected chi connectivity index (χ1v) is 14.7. The zero-order valence-corrected chi connectivity index (χ0v) is 24.7. The predicted molar refractivity (Wildman–Crippen MR) is 143 cm³/mol. The Morgan fingerprint density at radius 2 is 1.64 bits per heavy atom. The van der Waals surface area contributed by atoms with Crippen LogP contribution in [-0.2, 0) is 23.8 Å². The standard InChI is InChI=1S/C30H35F5N2O7/c1-28(2,3)44-27(40)37-17(7-5-4-6-8-19(38)43-25-23(34)21(32)20(31)22(33)24(25)35)14-30-16(9-10-36-26(30)39)13-29(15-18(30)37)41-11-12-42-29/h5,7,16-18H,4,6,8-15H2,1-3H3,(H,36,39)/b7-5+/t16-,17-,18-,30-/m0/s1. The van der Waals surface area contributed by atoms with Gasteiger partial charge in [0.2, 0.25) is 40.7 Å². The Hall–Kier alpha value is -3.26. The zero-order valence-electron chi connectivity index (χ0n) is 24.7. The van der Waals surface area contributed by atoms with E-state index in [0.717, 1.165) is 0 Å². The number of nitrogens with one attached hydrogen (secondary N) is 1. The summed E-state index contributed by atoms with van der Waals surface area (Å²) in [6.45, 7) is 6.57. The Morgan fingerprint density at radius 1 is 1.00 bits per heavy atom. The summed E-state index contributed by atoms with van der Waals surface area (Å²) in [5.41, 5.74) is -1.69. The minimum Gasteiger partial charge on any atom is -0.444 e. The highest BCUT2D eigenvalue weighted by Gasteiger charge is 2.68. The van der Waals surface area contributed by atoms with Crippen molar-refractivity contribution in [3.05, 3.63) is 41.2 Å². The number of amides is 2. The van der Waals surface area contributed by atoms with Gasteiger partial charge in [-0.1, -0.05) is 12.2 Å². The Balaban J connectivity index is 1.31. The molecule has 2 spiro atoms. The third-order valence-corrected chi connectivity index (χ3v) is 8.74. The molecular formula is C30H35F5N2O7. The van der Waals surface area contributed by atoms with E-state index in [4.69, 9.17) is 14.2 Å². The maximum Gasteiger partial charge on any atom is 0.411 e. The summed E-state index contributed by atoms with van der Waals surface area (Å²) >= 11 is 0. The van der Waals surface area contributed by atoms with Crippen LogP contribution in [0, 0.1) is 40.4 Å². The molecular weight excluding hydrogens is 595 g/mol. The molecule has 3 aliphatic heterocycles. The van der Waals surface area contributed by atoms with E-state index in [0.29, 0.717) is 45.4 Å². The van der Waals surface area contributed by atoms with E-state index in [1.807, 2.05) is 0 Å². The second kappa shape index (κ2) is 11.9. The molecule has 9 nitrogen and oxygen atoms in total. The van der Waals surface area contributed by atoms with Crippen molar-refractivity contribution in [2.45, 2.75) is 89.2 Å². The lowest BCUT2D eigenvalue weighted by Gasteiger charge is -2.53. The number of hydrogen-bond donors (Lipinski definition) is 1. The summed E-state index contributed by atoms with van der Waals surface area (Å²) in [7, 11) is 0. The zero-order chi connectivity index (χ0) is 32.0. The second-order valence-corrected chi connectivity index (χ2v) is 12.7. The van der Waals surface area contributed by atoms with E-state index < -0.39 is 82.2 Å². The number of halogens is 5. The summed E-state index contributed by atoms with van der Waals surface area (Å²) in [5.74, 6) is -15.2. The van der Waals surface area contributed by atoms with Crippen molar-refractivity contribution in [2.24, 2.45) is 11.3 Å². The smallest absolute Gasteiger partial charge is 0.411 e. The van der Waals surface area contributed by atoms with Crippen LogP contribution in [-0.4, -0.2) is 66.1 Å². The molecule has 1 aromatic carbocycles. The SMILES string of the molecule is CC(C)(C)OC(=O)N1[C@H]2CC3(C[C@@H]4CCNC(=O)[C@@]42C[C@@H]1/C=C/CCCC(=O)Oc1c(F)c(F)c(F)c(F)c1F)OCCO3. The molecule has 1 N–H and O–H groups in total. The van der Waals surface area contributed by atoms with Gasteiger partial charge < -0.3 is 24.3 Å². The van der Waals surface area contributed by atoms with Gasteiger partial charge in [0.15, 0.2) is 5.79 Å². The van der Waals surface area contributed by atoms with Crippen molar-refractivity contribution in [3.8, 4) is 5.75 Å². The van der Waals surface area contributed by atoms with E-state index in [2.05, 4.69) is 10.1 Å². The van der Waals surface area contributed by atoms with Crippen LogP contribution in [0.3, 0.4) is 0 Å². The Bertz CT molecular complexity index is 1330. The number of benzene rings is 1. The summed E-state index contributed by atoms with van der Waals surface area (Å²) in [4.78, 5) is 41.0. The van der Waals surface area contributed by atoms with Crippen LogP contribution in [0.25, 0.3) is 0 Å². The Morgan fingerprint density at radius 3 is 2.27 bits per heavy atom. The van der Waals surface area contributed by atoms with Crippen molar-refractivity contribution < 1.29 is 55.3 Å². The molecule has 44 heavy (non-hydrogen) atoms. The van der Waals surface area contributed by atoms with Crippen LogP contribution in [0.15, 0.2) is 12.2 Å². The number of piperidine rings is 1. The first kappa shape index (κ1) is 32.1. The number of rotatable bonds is 6. The average Bonchev–Trinajstić information content (AvgIpc) is 3.54. The van der Waals surface area contributed by atoms with E-state index in [9.17, 15) is 36.3 Å². The van der Waals surface area contributed by atoms with Gasteiger partial charge in [0, 0.05) is 25.8 Å². The molecule has 0 unspecified atom stereocenters. The molecule has 5 rings (SSSR count). The molecule has 0 radical (unpaired) electrons. The average molecular weight is 631 g/mol. The molecule has 1 aromatic rings. The Labute approximate surface area is 251 Å². The number of nitrogens with zero attached hydrogens (tertiary/aromatic N) is 1. The van der Waals surface area contributed by atoms with Crippen LogP contribution < -0.4 is 10.1 Å². The van der Waals surface area contributed by atoms with Gasteiger partial charge in [-0.15, -0.1) is 0 Å². The normalized spacial score (nSPS) is 27.8. The maximum atomic E-state index is 13.9. The number of likely N-dealkylation sites (tertiary alicyclic amines) is 1. The molecule has 4 fully saturated rings. The van der Waals surface area contributed by atoms with Gasteiger partial charge in [0.1, 0.15) is 5.60 Å². The van der Waals surface area contributed by atoms with Gasteiger partial charge in [0.05, 0.1) is 30.7 Å². The largest absolute Gasteiger partial charge is 0.444 e. The van der Waals surface area contributed by atoms with Crippen molar-refractivity contribution in [1.29, 1.82) is 0 Å².